The fraction of sp³-hybridized carbons (Fsp3) is 0.500. The number of halogens is 1. The van der Waals surface area contributed by atoms with Crippen LogP contribution in [-0.2, 0) is 9.47 Å². The molecule has 5 heteroatoms. The maximum absolute atomic E-state index is 13.1. The molecule has 3 N–H and O–H groups in total. The van der Waals surface area contributed by atoms with E-state index >= 15 is 0 Å². The quantitative estimate of drug-likeness (QED) is 0.540. The number of nitrogens with two attached hydrogens (primary N) is 1. The van der Waals surface area contributed by atoms with Crippen LogP contribution in [0.3, 0.4) is 0 Å². The Morgan fingerprint density at radius 3 is 2.88 bits per heavy atom. The summed E-state index contributed by atoms with van der Waals surface area (Å²) in [5, 5.41) is 3.07. The number of ether oxygens (including phenoxy) is 2. The van der Waals surface area contributed by atoms with Crippen LogP contribution in [0.2, 0.25) is 0 Å². The third kappa shape index (κ3) is 5.01. The van der Waals surface area contributed by atoms with Crippen molar-refractivity contribution in [1.82, 2.24) is 0 Å². The lowest BCUT2D eigenvalue weighted by Crippen LogP contribution is -2.09. The fourth-order valence-electron chi connectivity index (χ4n) is 1.33. The molecule has 0 atom stereocenters. The van der Waals surface area contributed by atoms with Crippen molar-refractivity contribution >= 4 is 11.4 Å². The Bertz CT molecular complexity index is 334. The lowest BCUT2D eigenvalue weighted by Gasteiger charge is -2.09. The van der Waals surface area contributed by atoms with Gasteiger partial charge in [-0.3, -0.25) is 0 Å². The second kappa shape index (κ2) is 7.86. The summed E-state index contributed by atoms with van der Waals surface area (Å²) in [5.74, 6) is -0.397. The molecule has 1 rings (SSSR count). The second-order valence-corrected chi connectivity index (χ2v) is 3.59. The predicted octanol–water partition coefficient (Wildman–Crippen LogP) is 1.87. The summed E-state index contributed by atoms with van der Waals surface area (Å²) >= 11 is 0. The number of para-hydroxylation sites is 1. The highest BCUT2D eigenvalue weighted by molar-refractivity contribution is 5.66. The first-order valence-corrected chi connectivity index (χ1v) is 5.60. The highest BCUT2D eigenvalue weighted by Crippen LogP contribution is 2.20. The van der Waals surface area contributed by atoms with Crippen LogP contribution in [0.4, 0.5) is 15.8 Å². The lowest BCUT2D eigenvalue weighted by atomic mass is 10.2. The minimum absolute atomic E-state index is 0.160. The Hall–Kier alpha value is -1.33. The summed E-state index contributed by atoms with van der Waals surface area (Å²) in [4.78, 5) is 0. The molecule has 1 aromatic carbocycles. The zero-order valence-corrected chi connectivity index (χ0v) is 10.0. The zero-order valence-electron chi connectivity index (χ0n) is 10.0. The van der Waals surface area contributed by atoms with Crippen molar-refractivity contribution in [3.63, 3.8) is 0 Å². The van der Waals surface area contributed by atoms with Gasteiger partial charge in [-0.1, -0.05) is 6.07 Å². The molecule has 0 aliphatic carbocycles. The highest BCUT2D eigenvalue weighted by Gasteiger charge is 2.02. The van der Waals surface area contributed by atoms with Crippen molar-refractivity contribution in [2.45, 2.75) is 6.42 Å². The standard InChI is InChI=1S/C12H19FN2O2/c1-16-8-9-17-7-3-6-15-11-5-2-4-10(13)12(11)14/h2,4-5,15H,3,6-9,14H2,1H3. The van der Waals surface area contributed by atoms with Gasteiger partial charge in [-0.05, 0) is 18.6 Å². The van der Waals surface area contributed by atoms with Gasteiger partial charge < -0.3 is 20.5 Å². The number of nitrogen functional groups attached to an aromatic ring is 1. The lowest BCUT2D eigenvalue weighted by molar-refractivity contribution is 0.0705. The molecule has 0 amide bonds. The molecule has 0 fully saturated rings. The monoisotopic (exact) mass is 242 g/mol. The van der Waals surface area contributed by atoms with Gasteiger partial charge >= 0.3 is 0 Å². The summed E-state index contributed by atoms with van der Waals surface area (Å²) in [6, 6.07) is 4.72. The smallest absolute Gasteiger partial charge is 0.148 e. The molecule has 0 saturated carbocycles. The minimum atomic E-state index is -0.397. The molecule has 0 aliphatic heterocycles. The molecule has 0 saturated heterocycles. The van der Waals surface area contributed by atoms with Crippen molar-refractivity contribution in [3.05, 3.63) is 24.0 Å². The first kappa shape index (κ1) is 13.7. The number of rotatable bonds is 8. The second-order valence-electron chi connectivity index (χ2n) is 3.59. The summed E-state index contributed by atoms with van der Waals surface area (Å²) in [6.45, 7) is 2.54. The van der Waals surface area contributed by atoms with Crippen molar-refractivity contribution in [3.8, 4) is 0 Å². The Kier molecular flexibility index (Phi) is 6.35. The SMILES string of the molecule is COCCOCCCNc1cccc(F)c1N. The number of nitrogens with one attached hydrogen (secondary N) is 1. The minimum Gasteiger partial charge on any atom is -0.395 e. The van der Waals surface area contributed by atoms with E-state index in [1.807, 2.05) is 0 Å². The van der Waals surface area contributed by atoms with E-state index in [4.69, 9.17) is 15.2 Å². The van der Waals surface area contributed by atoms with Crippen molar-refractivity contribution in [2.75, 3.05) is 44.5 Å². The van der Waals surface area contributed by atoms with Gasteiger partial charge in [0.2, 0.25) is 0 Å². The third-order valence-corrected chi connectivity index (χ3v) is 2.27. The van der Waals surface area contributed by atoms with E-state index in [9.17, 15) is 4.39 Å². The predicted molar refractivity (Wildman–Crippen MR) is 66.6 cm³/mol. The average Bonchev–Trinajstić information content (AvgIpc) is 2.33. The zero-order chi connectivity index (χ0) is 12.5. The topological polar surface area (TPSA) is 56.5 Å². The molecule has 0 radical (unpaired) electrons. The first-order valence-electron chi connectivity index (χ1n) is 5.60. The van der Waals surface area contributed by atoms with Gasteiger partial charge in [0, 0.05) is 20.3 Å². The van der Waals surface area contributed by atoms with Gasteiger partial charge in [-0.25, -0.2) is 4.39 Å². The third-order valence-electron chi connectivity index (χ3n) is 2.27. The Morgan fingerprint density at radius 2 is 2.12 bits per heavy atom. The van der Waals surface area contributed by atoms with E-state index < -0.39 is 5.82 Å². The van der Waals surface area contributed by atoms with Crippen LogP contribution in [0, 0.1) is 5.82 Å². The largest absolute Gasteiger partial charge is 0.395 e. The van der Waals surface area contributed by atoms with Crippen molar-refractivity contribution in [1.29, 1.82) is 0 Å². The Balaban J connectivity index is 2.16. The normalized spacial score (nSPS) is 10.5. The van der Waals surface area contributed by atoms with Gasteiger partial charge in [0.1, 0.15) is 5.82 Å². The average molecular weight is 242 g/mol. The molecule has 4 nitrogen and oxygen atoms in total. The molecule has 0 bridgehead atoms. The van der Waals surface area contributed by atoms with Gasteiger partial charge in [-0.15, -0.1) is 0 Å². The number of anilines is 2. The molecular formula is C12H19FN2O2. The van der Waals surface area contributed by atoms with E-state index in [1.165, 1.54) is 6.07 Å². The molecule has 0 spiro atoms. The van der Waals surface area contributed by atoms with E-state index in [1.54, 1.807) is 19.2 Å². The van der Waals surface area contributed by atoms with E-state index in [0.717, 1.165) is 6.42 Å². The van der Waals surface area contributed by atoms with E-state index in [2.05, 4.69) is 5.32 Å². The molecule has 96 valence electrons. The Morgan fingerprint density at radius 1 is 1.29 bits per heavy atom. The van der Waals surface area contributed by atoms with Crippen LogP contribution in [-0.4, -0.2) is 33.5 Å². The van der Waals surface area contributed by atoms with Crippen LogP contribution in [0.1, 0.15) is 6.42 Å². The summed E-state index contributed by atoms with van der Waals surface area (Å²) < 4.78 is 23.2. The summed E-state index contributed by atoms with van der Waals surface area (Å²) in [5.41, 5.74) is 6.36. The van der Waals surface area contributed by atoms with E-state index in [0.29, 0.717) is 32.1 Å². The van der Waals surface area contributed by atoms with Crippen molar-refractivity contribution in [2.24, 2.45) is 0 Å². The number of hydrogen-bond donors (Lipinski definition) is 2. The molecule has 0 aliphatic rings. The van der Waals surface area contributed by atoms with Crippen LogP contribution in [0.25, 0.3) is 0 Å². The van der Waals surface area contributed by atoms with Crippen LogP contribution < -0.4 is 11.1 Å². The molecule has 17 heavy (non-hydrogen) atoms. The van der Waals surface area contributed by atoms with Gasteiger partial charge in [0.05, 0.1) is 24.6 Å². The molecular weight excluding hydrogens is 223 g/mol. The van der Waals surface area contributed by atoms with Gasteiger partial charge in [-0.2, -0.15) is 0 Å². The number of methoxy groups -OCH3 is 1. The van der Waals surface area contributed by atoms with Crippen LogP contribution >= 0.6 is 0 Å². The first-order chi connectivity index (χ1) is 8.25. The molecule has 0 aromatic heterocycles. The number of benzene rings is 1. The van der Waals surface area contributed by atoms with Gasteiger partial charge in [0.15, 0.2) is 0 Å². The van der Waals surface area contributed by atoms with Crippen LogP contribution in [0.5, 0.6) is 0 Å². The maximum Gasteiger partial charge on any atom is 0.148 e. The van der Waals surface area contributed by atoms with E-state index in [-0.39, 0.29) is 5.69 Å². The molecule has 1 aromatic rings. The summed E-state index contributed by atoms with van der Waals surface area (Å²) in [6.07, 6.45) is 0.833. The van der Waals surface area contributed by atoms with Crippen LogP contribution in [0.15, 0.2) is 18.2 Å². The highest BCUT2D eigenvalue weighted by atomic mass is 19.1. The van der Waals surface area contributed by atoms with Crippen molar-refractivity contribution < 1.29 is 13.9 Å². The number of hydrogen-bond acceptors (Lipinski definition) is 4. The molecule has 0 unspecified atom stereocenters. The maximum atomic E-state index is 13.1. The molecule has 0 heterocycles. The Labute approximate surface area is 101 Å². The summed E-state index contributed by atoms with van der Waals surface area (Å²) in [7, 11) is 1.64. The fourth-order valence-corrected chi connectivity index (χ4v) is 1.33. The van der Waals surface area contributed by atoms with Gasteiger partial charge in [0.25, 0.3) is 0 Å².